The van der Waals surface area contributed by atoms with Crippen molar-refractivity contribution in [3.8, 4) is 22.0 Å². The van der Waals surface area contributed by atoms with Crippen LogP contribution in [0.3, 0.4) is 0 Å². The molecule has 1 saturated heterocycles. The molecule has 0 spiro atoms. The van der Waals surface area contributed by atoms with Gasteiger partial charge in [0.15, 0.2) is 11.4 Å². The Kier molecular flexibility index (Phi) is 5.99. The number of hydrogen-bond acceptors (Lipinski definition) is 8. The molecule has 2 N–H and O–H groups in total. The molecule has 1 aromatic carbocycles. The molecule has 4 heterocycles. The number of likely N-dealkylation sites (tertiary alicyclic amines) is 1. The molecule has 1 atom stereocenters. The monoisotopic (exact) mass is 497 g/mol. The minimum Gasteiger partial charge on any atom is -0.375 e. The highest BCUT2D eigenvalue weighted by atomic mass is 32.1. The van der Waals surface area contributed by atoms with Crippen LogP contribution in [0.15, 0.2) is 54.2 Å². The number of nitrogens with zero attached hydrogens (tertiary/aromatic N) is 6. The van der Waals surface area contributed by atoms with Gasteiger partial charge in [0.05, 0.1) is 5.69 Å². The van der Waals surface area contributed by atoms with E-state index in [9.17, 15) is 18.7 Å². The average molecular weight is 498 g/mol. The van der Waals surface area contributed by atoms with Gasteiger partial charge in [-0.3, -0.25) is 9.48 Å². The zero-order chi connectivity index (χ0) is 24.6. The molecule has 9 nitrogen and oxygen atoms in total. The number of hydrogen-bond donors (Lipinski definition) is 2. The summed E-state index contributed by atoms with van der Waals surface area (Å²) < 4.78 is 26.2. The number of halogens is 2. The number of amides is 1. The van der Waals surface area contributed by atoms with Crippen LogP contribution < -0.4 is 5.32 Å². The third kappa shape index (κ3) is 4.62. The highest BCUT2D eigenvalue weighted by molar-refractivity contribution is 7.13. The molecule has 1 amide bonds. The molecule has 3 aromatic heterocycles. The van der Waals surface area contributed by atoms with Crippen LogP contribution in [0, 0.1) is 0 Å². The first-order chi connectivity index (χ1) is 16.8. The zero-order valence-corrected chi connectivity index (χ0v) is 19.4. The Bertz CT molecular complexity index is 1380. The van der Waals surface area contributed by atoms with Crippen LogP contribution >= 0.6 is 11.3 Å². The smallest absolute Gasteiger partial charge is 0.258 e. The lowest BCUT2D eigenvalue weighted by molar-refractivity contribution is -0.143. The second-order valence-electron chi connectivity index (χ2n) is 8.16. The van der Waals surface area contributed by atoms with Crippen LogP contribution in [0.25, 0.3) is 22.0 Å². The molecule has 35 heavy (non-hydrogen) atoms. The highest BCUT2D eigenvalue weighted by Gasteiger charge is 2.45. The molecule has 5 rings (SSSR count). The summed E-state index contributed by atoms with van der Waals surface area (Å²) in [5.74, 6) is 0.297. The molecule has 1 fully saturated rings. The van der Waals surface area contributed by atoms with Crippen molar-refractivity contribution >= 4 is 29.0 Å². The quantitative estimate of drug-likeness (QED) is 0.402. The number of rotatable bonds is 7. The molecule has 180 valence electrons. The standard InChI is InChI=1S/C23H21F2N7O2S/c1-31-10-7-23(34,21(31)33)15-4-2-3-14(11-15)20-27-17(13-35-20)16-5-8-26-22(28-16)29-19-6-9-32(30-19)12-18(24)25/h2-6,8-9,11,13,18,34H,7,10,12H2,1H3,(H,26,28,29,30). The highest BCUT2D eigenvalue weighted by Crippen LogP contribution is 2.36. The molecular formula is C23H21F2N7O2S. The number of likely N-dealkylation sites (N-methyl/N-ethyl adjacent to an activating group) is 1. The first-order valence-electron chi connectivity index (χ1n) is 10.8. The summed E-state index contributed by atoms with van der Waals surface area (Å²) in [5.41, 5.74) is 0.992. The fourth-order valence-corrected chi connectivity index (χ4v) is 4.71. The van der Waals surface area contributed by atoms with Crippen LogP contribution in [0.1, 0.15) is 12.0 Å². The van der Waals surface area contributed by atoms with Crippen LogP contribution in [-0.2, 0) is 16.9 Å². The maximum absolute atomic E-state index is 12.5. The average Bonchev–Trinajstić information content (AvgIpc) is 3.57. The van der Waals surface area contributed by atoms with Crippen molar-refractivity contribution < 1.29 is 18.7 Å². The van der Waals surface area contributed by atoms with E-state index in [-0.39, 0.29) is 11.9 Å². The van der Waals surface area contributed by atoms with Gasteiger partial charge < -0.3 is 15.3 Å². The van der Waals surface area contributed by atoms with E-state index in [4.69, 9.17) is 0 Å². The van der Waals surface area contributed by atoms with Crippen LogP contribution in [0.4, 0.5) is 20.5 Å². The Morgan fingerprint density at radius 1 is 1.23 bits per heavy atom. The van der Waals surface area contributed by atoms with E-state index >= 15 is 0 Å². The Labute approximate surface area is 203 Å². The van der Waals surface area contributed by atoms with Crippen molar-refractivity contribution in [2.45, 2.75) is 25.0 Å². The number of benzene rings is 1. The number of anilines is 2. The fraction of sp³-hybridized carbons (Fsp3) is 0.261. The molecule has 1 aliphatic rings. The molecule has 1 unspecified atom stereocenters. The molecule has 0 aliphatic carbocycles. The Balaban J connectivity index is 1.36. The van der Waals surface area contributed by atoms with Crippen LogP contribution in [-0.4, -0.2) is 60.7 Å². The minimum atomic E-state index is -2.50. The van der Waals surface area contributed by atoms with Crippen molar-refractivity contribution in [3.63, 3.8) is 0 Å². The second kappa shape index (κ2) is 9.12. The molecular weight excluding hydrogens is 476 g/mol. The van der Waals surface area contributed by atoms with E-state index in [2.05, 4.69) is 25.4 Å². The van der Waals surface area contributed by atoms with Gasteiger partial charge in [-0.05, 0) is 17.7 Å². The molecule has 12 heteroatoms. The van der Waals surface area contributed by atoms with Gasteiger partial charge >= 0.3 is 0 Å². The van der Waals surface area contributed by atoms with Crippen LogP contribution in [0.5, 0.6) is 0 Å². The lowest BCUT2D eigenvalue weighted by Crippen LogP contribution is -2.36. The first kappa shape index (κ1) is 23.0. The second-order valence-corrected chi connectivity index (χ2v) is 9.02. The molecule has 0 bridgehead atoms. The Hall–Kier alpha value is -3.77. The zero-order valence-electron chi connectivity index (χ0n) is 18.6. The fourth-order valence-electron chi connectivity index (χ4n) is 3.90. The third-order valence-corrected chi connectivity index (χ3v) is 6.62. The number of aromatic nitrogens is 5. The van der Waals surface area contributed by atoms with Gasteiger partial charge in [-0.25, -0.2) is 23.7 Å². The SMILES string of the molecule is CN1CCC(O)(c2cccc(-c3nc(-c4ccnc(Nc5ccn(CC(F)F)n5)n4)cs3)c2)C1=O. The molecule has 0 radical (unpaired) electrons. The van der Waals surface area contributed by atoms with Crippen molar-refractivity contribution in [1.29, 1.82) is 0 Å². The topological polar surface area (TPSA) is 109 Å². The predicted molar refractivity (Wildman–Crippen MR) is 126 cm³/mol. The van der Waals surface area contributed by atoms with Crippen molar-refractivity contribution in [1.82, 2.24) is 29.6 Å². The largest absolute Gasteiger partial charge is 0.375 e. The summed E-state index contributed by atoms with van der Waals surface area (Å²) in [6.45, 7) is 0.00511. The number of alkyl halides is 2. The number of nitrogens with one attached hydrogen (secondary N) is 1. The van der Waals surface area contributed by atoms with Gasteiger partial charge in [0.1, 0.15) is 17.2 Å². The summed E-state index contributed by atoms with van der Waals surface area (Å²) in [6, 6.07) is 10.5. The predicted octanol–water partition coefficient (Wildman–Crippen LogP) is 3.52. The van der Waals surface area contributed by atoms with Crippen molar-refractivity contribution in [2.75, 3.05) is 18.9 Å². The van der Waals surface area contributed by atoms with E-state index in [0.717, 1.165) is 10.2 Å². The van der Waals surface area contributed by atoms with Gasteiger partial charge in [0, 0.05) is 49.4 Å². The summed E-state index contributed by atoms with van der Waals surface area (Å²) >= 11 is 1.41. The number of carbonyl (C=O) groups is 1. The molecule has 4 aromatic rings. The number of aliphatic hydroxyl groups is 1. The lowest BCUT2D eigenvalue weighted by Gasteiger charge is -2.21. The maximum atomic E-state index is 12.5. The lowest BCUT2D eigenvalue weighted by atomic mass is 9.91. The number of carbonyl (C=O) groups excluding carboxylic acids is 1. The van der Waals surface area contributed by atoms with Gasteiger partial charge in [-0.2, -0.15) is 5.10 Å². The van der Waals surface area contributed by atoms with E-state index in [1.54, 1.807) is 43.6 Å². The molecule has 0 saturated carbocycles. The molecule has 1 aliphatic heterocycles. The van der Waals surface area contributed by atoms with Gasteiger partial charge in [0.2, 0.25) is 5.95 Å². The van der Waals surface area contributed by atoms with Crippen molar-refractivity contribution in [2.24, 2.45) is 0 Å². The normalized spacial score (nSPS) is 18.0. The third-order valence-electron chi connectivity index (χ3n) is 5.72. The van der Waals surface area contributed by atoms with Crippen molar-refractivity contribution in [3.05, 3.63) is 59.7 Å². The van der Waals surface area contributed by atoms with E-state index in [1.165, 1.54) is 22.4 Å². The van der Waals surface area contributed by atoms with E-state index in [0.29, 0.717) is 40.7 Å². The van der Waals surface area contributed by atoms with Crippen LogP contribution in [0.2, 0.25) is 0 Å². The Morgan fingerprint density at radius 2 is 2.09 bits per heavy atom. The van der Waals surface area contributed by atoms with Gasteiger partial charge in [-0.15, -0.1) is 11.3 Å². The Morgan fingerprint density at radius 3 is 2.86 bits per heavy atom. The maximum Gasteiger partial charge on any atom is 0.258 e. The number of thiazole rings is 1. The summed E-state index contributed by atoms with van der Waals surface area (Å²) in [7, 11) is 1.68. The summed E-state index contributed by atoms with van der Waals surface area (Å²) in [4.78, 5) is 27.3. The van der Waals surface area contributed by atoms with Gasteiger partial charge in [-0.1, -0.05) is 18.2 Å². The van der Waals surface area contributed by atoms with Gasteiger partial charge in [0.25, 0.3) is 12.3 Å². The summed E-state index contributed by atoms with van der Waals surface area (Å²) in [5, 5.41) is 20.5. The summed E-state index contributed by atoms with van der Waals surface area (Å²) in [6.07, 6.45) is 0.863. The van der Waals surface area contributed by atoms with E-state index < -0.39 is 18.6 Å². The first-order valence-corrected chi connectivity index (χ1v) is 11.7. The van der Waals surface area contributed by atoms with E-state index in [1.807, 2.05) is 11.4 Å². The minimum absolute atomic E-state index is 0.257.